The second-order valence-corrected chi connectivity index (χ2v) is 12.0. The van der Waals surface area contributed by atoms with Crippen LogP contribution in [-0.4, -0.2) is 61.4 Å². The van der Waals surface area contributed by atoms with E-state index in [1.54, 1.807) is 0 Å². The Balaban J connectivity index is 1.55. The minimum absolute atomic E-state index is 0.0372. The molecule has 1 saturated carbocycles. The van der Waals surface area contributed by atoms with Crippen LogP contribution >= 0.6 is 15.9 Å². The average molecular weight is 764 g/mol. The van der Waals surface area contributed by atoms with E-state index in [9.17, 15) is 45.4 Å². The molecule has 0 atom stereocenters. The van der Waals surface area contributed by atoms with Crippen molar-refractivity contribution in [1.29, 1.82) is 0 Å². The van der Waals surface area contributed by atoms with Gasteiger partial charge in [-0.05, 0) is 43.2 Å². The van der Waals surface area contributed by atoms with E-state index in [4.69, 9.17) is 4.74 Å². The van der Waals surface area contributed by atoms with Crippen LogP contribution in [0.15, 0.2) is 54.1 Å². The van der Waals surface area contributed by atoms with E-state index in [0.29, 0.717) is 42.7 Å². The number of carbonyl (C=O) groups excluding carboxylic acids is 2. The van der Waals surface area contributed by atoms with Crippen LogP contribution in [0.2, 0.25) is 0 Å². The van der Waals surface area contributed by atoms with Gasteiger partial charge in [-0.1, -0.05) is 34.8 Å². The summed E-state index contributed by atoms with van der Waals surface area (Å²) >= 11 is 3.11. The predicted molar refractivity (Wildman–Crippen MR) is 161 cm³/mol. The number of halogens is 9. The molecule has 0 bridgehead atoms. The van der Waals surface area contributed by atoms with Gasteiger partial charge in [-0.15, -0.1) is 0 Å². The number of rotatable bonds is 8. The first-order valence-electron chi connectivity index (χ1n) is 14.6. The van der Waals surface area contributed by atoms with Crippen LogP contribution in [0.25, 0.3) is 11.3 Å². The number of ether oxygens (including phenoxy) is 1. The summed E-state index contributed by atoms with van der Waals surface area (Å²) in [5, 5.41) is 16.3. The van der Waals surface area contributed by atoms with Crippen LogP contribution in [0.4, 0.5) is 40.8 Å². The SMILES string of the molecule is CN1N(Cc2ccc(OCCBr)c(F)c2F)C(=O)C(C(=O)Nc2ccc(C(F)(F)F)cc2-c2cc(C(F)(F)F)ncn2)=C(O)C12CCCC2. The predicted octanol–water partition coefficient (Wildman–Crippen LogP) is 7.19. The number of aromatic nitrogens is 2. The molecule has 9 nitrogen and oxygen atoms in total. The highest BCUT2D eigenvalue weighted by molar-refractivity contribution is 9.09. The Bertz CT molecular complexity index is 1810. The van der Waals surface area contributed by atoms with Crippen molar-refractivity contribution in [3.63, 3.8) is 0 Å². The van der Waals surface area contributed by atoms with Gasteiger partial charge in [-0.25, -0.2) is 19.4 Å². The van der Waals surface area contributed by atoms with Crippen molar-refractivity contribution in [3.8, 4) is 17.0 Å². The normalized spacial score (nSPS) is 16.9. The van der Waals surface area contributed by atoms with Crippen molar-refractivity contribution in [1.82, 2.24) is 20.0 Å². The van der Waals surface area contributed by atoms with Crippen molar-refractivity contribution in [3.05, 3.63) is 82.5 Å². The molecule has 0 radical (unpaired) electrons. The third kappa shape index (κ3) is 6.92. The Kier molecular flexibility index (Phi) is 9.93. The summed E-state index contributed by atoms with van der Waals surface area (Å²) in [6.07, 6.45) is -7.87. The zero-order valence-electron chi connectivity index (χ0n) is 25.4. The highest BCUT2D eigenvalue weighted by Gasteiger charge is 2.53. The van der Waals surface area contributed by atoms with E-state index in [-0.39, 0.29) is 30.8 Å². The van der Waals surface area contributed by atoms with Crippen LogP contribution in [0.3, 0.4) is 0 Å². The monoisotopic (exact) mass is 763 g/mol. The number of hydrogen-bond acceptors (Lipinski definition) is 7. The molecular weight excluding hydrogens is 738 g/mol. The topological polar surface area (TPSA) is 108 Å². The van der Waals surface area contributed by atoms with E-state index >= 15 is 4.39 Å². The quantitative estimate of drug-likeness (QED) is 0.142. The zero-order chi connectivity index (χ0) is 35.9. The fourth-order valence-electron chi connectivity index (χ4n) is 5.89. The minimum Gasteiger partial charge on any atom is -0.509 e. The summed E-state index contributed by atoms with van der Waals surface area (Å²) in [6.45, 7) is -0.565. The molecule has 0 saturated heterocycles. The van der Waals surface area contributed by atoms with Crippen LogP contribution in [0, 0.1) is 11.6 Å². The highest BCUT2D eigenvalue weighted by atomic mass is 79.9. The number of amides is 2. The Labute approximate surface area is 281 Å². The van der Waals surface area contributed by atoms with Crippen LogP contribution in [-0.2, 0) is 28.5 Å². The van der Waals surface area contributed by atoms with Gasteiger partial charge >= 0.3 is 12.4 Å². The standard InChI is InChI=1S/C31H26BrF8N5O4/c1-44-29(8-2-3-9-29)26(46)23(28(48)45(44)14-16-4-7-21(49-11-10-32)25(34)24(16)33)27(47)43-19-6-5-17(30(35,36)37)12-18(19)20-13-22(31(38,39)40)42-15-41-20/h4-7,12-13,15,46H,2-3,8-11,14H2,1H3,(H,43,47). The van der Waals surface area contributed by atoms with Gasteiger partial charge in [0.25, 0.3) is 11.8 Å². The first-order chi connectivity index (χ1) is 23.0. The lowest BCUT2D eigenvalue weighted by molar-refractivity contribution is -0.163. The van der Waals surface area contributed by atoms with E-state index < -0.39 is 87.4 Å². The molecule has 0 unspecified atom stereocenters. The van der Waals surface area contributed by atoms with Crippen molar-refractivity contribution in [2.45, 2.75) is 50.1 Å². The van der Waals surface area contributed by atoms with Gasteiger partial charge in [0.15, 0.2) is 11.6 Å². The lowest BCUT2D eigenvalue weighted by atomic mass is 9.88. The smallest absolute Gasteiger partial charge is 0.433 e. The lowest BCUT2D eigenvalue weighted by Gasteiger charge is -2.48. The minimum atomic E-state index is -4.98. The molecule has 18 heteroatoms. The second kappa shape index (κ2) is 13.5. The number of hydrazine groups is 1. The fraction of sp³-hybridized carbons (Fsp3) is 0.355. The summed E-state index contributed by atoms with van der Waals surface area (Å²) in [7, 11) is 1.43. The molecule has 1 aliphatic heterocycles. The molecular formula is C31H26BrF8N5O4. The molecule has 1 spiro atoms. The lowest BCUT2D eigenvalue weighted by Crippen LogP contribution is -2.62. The molecule has 2 aliphatic rings. The average Bonchev–Trinajstić information content (AvgIpc) is 3.55. The maximum Gasteiger partial charge on any atom is 0.433 e. The molecule has 2 amide bonds. The molecule has 1 aliphatic carbocycles. The summed E-state index contributed by atoms with van der Waals surface area (Å²) in [5.74, 6) is -6.15. The van der Waals surface area contributed by atoms with Gasteiger partial charge in [0.2, 0.25) is 5.82 Å². The van der Waals surface area contributed by atoms with Gasteiger partial charge in [0.05, 0.1) is 35.6 Å². The van der Waals surface area contributed by atoms with Gasteiger partial charge in [0.1, 0.15) is 23.4 Å². The molecule has 262 valence electrons. The largest absolute Gasteiger partial charge is 0.509 e. The molecule has 3 aromatic rings. The third-order valence-corrected chi connectivity index (χ3v) is 8.70. The van der Waals surface area contributed by atoms with Gasteiger partial charge in [-0.3, -0.25) is 14.6 Å². The number of carbonyl (C=O) groups is 2. The summed E-state index contributed by atoms with van der Waals surface area (Å²) in [4.78, 5) is 34.5. The molecule has 1 aromatic heterocycles. The summed E-state index contributed by atoms with van der Waals surface area (Å²) in [5.41, 5.74) is -6.94. The number of anilines is 1. The number of alkyl halides is 7. The van der Waals surface area contributed by atoms with E-state index in [0.717, 1.165) is 11.1 Å². The molecule has 49 heavy (non-hydrogen) atoms. The highest BCUT2D eigenvalue weighted by Crippen LogP contribution is 2.45. The number of nitrogens with zero attached hydrogens (tertiary/aromatic N) is 4. The summed E-state index contributed by atoms with van der Waals surface area (Å²) < 4.78 is 116. The van der Waals surface area contributed by atoms with Gasteiger partial charge in [0, 0.05) is 23.5 Å². The number of aliphatic hydroxyl groups is 1. The first kappa shape index (κ1) is 36.0. The number of likely N-dealkylation sites (N-methyl/N-ethyl adjacent to an activating group) is 1. The molecule has 2 N–H and O–H groups in total. The Hall–Kier alpha value is -4.32. The molecule has 5 rings (SSSR count). The van der Waals surface area contributed by atoms with Crippen LogP contribution < -0.4 is 10.1 Å². The molecule has 2 heterocycles. The van der Waals surface area contributed by atoms with E-state index in [1.165, 1.54) is 24.2 Å². The second-order valence-electron chi connectivity index (χ2n) is 11.2. The van der Waals surface area contributed by atoms with Crippen LogP contribution in [0.1, 0.15) is 42.5 Å². The number of benzene rings is 2. The third-order valence-electron chi connectivity index (χ3n) is 8.38. The Morgan fingerprint density at radius 1 is 1.02 bits per heavy atom. The van der Waals surface area contributed by atoms with Crippen molar-refractivity contribution in [2.75, 3.05) is 24.3 Å². The van der Waals surface area contributed by atoms with Gasteiger partial charge < -0.3 is 15.2 Å². The Morgan fingerprint density at radius 2 is 1.71 bits per heavy atom. The van der Waals surface area contributed by atoms with Crippen LogP contribution in [0.5, 0.6) is 5.75 Å². The fourth-order valence-corrected chi connectivity index (χ4v) is 6.05. The first-order valence-corrected chi connectivity index (χ1v) is 15.7. The number of aliphatic hydroxyl groups excluding tert-OH is 1. The van der Waals surface area contributed by atoms with Gasteiger partial charge in [-0.2, -0.15) is 30.7 Å². The van der Waals surface area contributed by atoms with E-state index in [2.05, 4.69) is 31.2 Å². The molecule has 2 aromatic carbocycles. The Morgan fingerprint density at radius 3 is 2.35 bits per heavy atom. The maximum atomic E-state index is 15.2. The van der Waals surface area contributed by atoms with Crippen molar-refractivity contribution < 1.29 is 54.6 Å². The van der Waals surface area contributed by atoms with E-state index in [1.807, 2.05) is 0 Å². The number of nitrogens with one attached hydrogen (secondary N) is 1. The maximum absolute atomic E-state index is 15.2. The zero-order valence-corrected chi connectivity index (χ0v) is 26.9. The summed E-state index contributed by atoms with van der Waals surface area (Å²) in [6, 6.07) is 4.54. The molecule has 1 fully saturated rings. The number of hydrogen-bond donors (Lipinski definition) is 2. The van der Waals surface area contributed by atoms with Crippen molar-refractivity contribution >= 4 is 33.4 Å². The van der Waals surface area contributed by atoms with Crippen molar-refractivity contribution in [2.24, 2.45) is 0 Å².